The zero-order chi connectivity index (χ0) is 14.5. The molecule has 5 heteroatoms. The van der Waals surface area contributed by atoms with Gasteiger partial charge in [-0.1, -0.05) is 6.92 Å². The maximum Gasteiger partial charge on any atom is 0.233 e. The lowest BCUT2D eigenvalue weighted by molar-refractivity contribution is -0.122. The number of amides is 1. The van der Waals surface area contributed by atoms with Gasteiger partial charge in [0, 0.05) is 18.8 Å². The number of nitrogens with zero attached hydrogens (tertiary/aromatic N) is 2. The summed E-state index contributed by atoms with van der Waals surface area (Å²) in [5, 5.41) is 12.1. The summed E-state index contributed by atoms with van der Waals surface area (Å²) in [5.74, 6) is -0.117. The van der Waals surface area contributed by atoms with E-state index >= 15 is 0 Å². The Labute approximate surface area is 119 Å². The van der Waals surface area contributed by atoms with Crippen LogP contribution in [0.4, 0.5) is 5.69 Å². The second-order valence-electron chi connectivity index (χ2n) is 4.86. The van der Waals surface area contributed by atoms with Crippen molar-refractivity contribution in [2.24, 2.45) is 5.92 Å². The third kappa shape index (κ3) is 2.98. The van der Waals surface area contributed by atoms with Crippen molar-refractivity contribution >= 4 is 11.6 Å². The maximum absolute atomic E-state index is 12.5. The third-order valence-corrected chi connectivity index (χ3v) is 3.58. The number of anilines is 1. The van der Waals surface area contributed by atoms with Gasteiger partial charge in [-0.3, -0.25) is 4.79 Å². The zero-order valence-electron chi connectivity index (χ0n) is 11.8. The highest BCUT2D eigenvalue weighted by Gasteiger charge is 2.35. The fourth-order valence-electron chi connectivity index (χ4n) is 2.40. The average Bonchev–Trinajstić information content (AvgIpc) is 2.94. The largest absolute Gasteiger partial charge is 0.379 e. The summed E-state index contributed by atoms with van der Waals surface area (Å²) in [7, 11) is 1.76. The van der Waals surface area contributed by atoms with Crippen LogP contribution in [0.5, 0.6) is 0 Å². The van der Waals surface area contributed by atoms with Crippen molar-refractivity contribution in [2.75, 3.05) is 31.7 Å². The van der Waals surface area contributed by atoms with Gasteiger partial charge in [-0.15, -0.1) is 0 Å². The van der Waals surface area contributed by atoms with Crippen molar-refractivity contribution in [3.63, 3.8) is 0 Å². The number of benzene rings is 1. The van der Waals surface area contributed by atoms with E-state index in [4.69, 9.17) is 10.00 Å². The Bertz CT molecular complexity index is 507. The smallest absolute Gasteiger partial charge is 0.233 e. The van der Waals surface area contributed by atoms with E-state index in [2.05, 4.69) is 11.4 Å². The van der Waals surface area contributed by atoms with Gasteiger partial charge in [0.05, 0.1) is 30.8 Å². The first kappa shape index (κ1) is 14.5. The van der Waals surface area contributed by atoms with Gasteiger partial charge in [0.15, 0.2) is 0 Å². The molecular formula is C15H19N3O2. The Balaban J connectivity index is 2.09. The molecule has 1 amide bonds. The van der Waals surface area contributed by atoms with Crippen LogP contribution in [-0.2, 0) is 9.53 Å². The molecule has 0 saturated carbocycles. The number of rotatable bonds is 4. The molecule has 1 fully saturated rings. The standard InChI is InChI=1S/C15H19N3O2/c1-3-17-14-10-20-9-13(14)15(19)18(2)12-6-4-11(8-16)5-7-12/h4-7,13-14,17H,3,9-10H2,1-2H3. The van der Waals surface area contributed by atoms with Gasteiger partial charge >= 0.3 is 0 Å². The summed E-state index contributed by atoms with van der Waals surface area (Å²) in [6, 6.07) is 9.15. The van der Waals surface area contributed by atoms with Crippen LogP contribution in [0.15, 0.2) is 24.3 Å². The lowest BCUT2D eigenvalue weighted by Gasteiger charge is -2.24. The van der Waals surface area contributed by atoms with E-state index in [1.54, 1.807) is 36.2 Å². The van der Waals surface area contributed by atoms with E-state index < -0.39 is 0 Å². The van der Waals surface area contributed by atoms with Crippen molar-refractivity contribution in [1.82, 2.24) is 5.32 Å². The molecule has 1 aliphatic rings. The number of nitrogens with one attached hydrogen (secondary N) is 1. The first-order chi connectivity index (χ1) is 9.67. The Morgan fingerprint density at radius 3 is 2.75 bits per heavy atom. The zero-order valence-corrected chi connectivity index (χ0v) is 11.8. The van der Waals surface area contributed by atoms with Crippen molar-refractivity contribution in [3.05, 3.63) is 29.8 Å². The molecule has 1 aromatic carbocycles. The molecule has 0 aliphatic carbocycles. The highest BCUT2D eigenvalue weighted by molar-refractivity contribution is 5.95. The molecule has 2 rings (SSSR count). The predicted octanol–water partition coefficient (Wildman–Crippen LogP) is 1.15. The summed E-state index contributed by atoms with van der Waals surface area (Å²) in [6.07, 6.45) is 0. The molecule has 2 unspecified atom stereocenters. The minimum absolute atomic E-state index is 0.0400. The number of likely N-dealkylation sites (N-methyl/N-ethyl adjacent to an activating group) is 1. The Kier molecular flexibility index (Phi) is 4.72. The number of carbonyl (C=O) groups excluding carboxylic acids is 1. The molecule has 106 valence electrons. The number of nitriles is 1. The Hall–Kier alpha value is -1.90. The lowest BCUT2D eigenvalue weighted by Crippen LogP contribution is -2.44. The quantitative estimate of drug-likeness (QED) is 0.893. The van der Waals surface area contributed by atoms with Crippen LogP contribution in [0.25, 0.3) is 0 Å². The van der Waals surface area contributed by atoms with Crippen LogP contribution >= 0.6 is 0 Å². The van der Waals surface area contributed by atoms with Gasteiger partial charge in [0.2, 0.25) is 5.91 Å². The highest BCUT2D eigenvalue weighted by Crippen LogP contribution is 2.21. The topological polar surface area (TPSA) is 65.4 Å². The third-order valence-electron chi connectivity index (χ3n) is 3.58. The van der Waals surface area contributed by atoms with Gasteiger partial charge in [-0.2, -0.15) is 5.26 Å². The number of ether oxygens (including phenoxy) is 1. The van der Waals surface area contributed by atoms with Gasteiger partial charge in [0.1, 0.15) is 0 Å². The van der Waals surface area contributed by atoms with Gasteiger partial charge in [-0.25, -0.2) is 0 Å². The molecular weight excluding hydrogens is 254 g/mol. The Morgan fingerprint density at radius 2 is 2.15 bits per heavy atom. The molecule has 0 aromatic heterocycles. The molecule has 5 nitrogen and oxygen atoms in total. The molecule has 1 N–H and O–H groups in total. The molecule has 0 spiro atoms. The van der Waals surface area contributed by atoms with E-state index in [9.17, 15) is 4.79 Å². The number of hydrogen-bond acceptors (Lipinski definition) is 4. The van der Waals surface area contributed by atoms with Crippen molar-refractivity contribution in [1.29, 1.82) is 5.26 Å². The Morgan fingerprint density at radius 1 is 1.45 bits per heavy atom. The highest BCUT2D eigenvalue weighted by atomic mass is 16.5. The predicted molar refractivity (Wildman–Crippen MR) is 76.3 cm³/mol. The molecule has 20 heavy (non-hydrogen) atoms. The van der Waals surface area contributed by atoms with Crippen molar-refractivity contribution in [3.8, 4) is 6.07 Å². The van der Waals surface area contributed by atoms with Crippen LogP contribution in [0.1, 0.15) is 12.5 Å². The molecule has 0 bridgehead atoms. The van der Waals surface area contributed by atoms with Crippen LogP contribution in [0, 0.1) is 17.2 Å². The molecule has 1 heterocycles. The van der Waals surface area contributed by atoms with Crippen LogP contribution in [-0.4, -0.2) is 38.8 Å². The fourth-order valence-corrected chi connectivity index (χ4v) is 2.40. The SMILES string of the molecule is CCNC1COCC1C(=O)N(C)c1ccc(C#N)cc1. The summed E-state index contributed by atoms with van der Waals surface area (Å²) < 4.78 is 5.41. The van der Waals surface area contributed by atoms with E-state index in [1.807, 2.05) is 6.92 Å². The molecule has 1 saturated heterocycles. The van der Waals surface area contributed by atoms with E-state index in [0.717, 1.165) is 12.2 Å². The monoisotopic (exact) mass is 273 g/mol. The lowest BCUT2D eigenvalue weighted by atomic mass is 10.0. The molecule has 1 aromatic rings. The summed E-state index contributed by atoms with van der Waals surface area (Å²) in [4.78, 5) is 14.2. The summed E-state index contributed by atoms with van der Waals surface area (Å²) >= 11 is 0. The van der Waals surface area contributed by atoms with Crippen LogP contribution in [0.3, 0.4) is 0 Å². The van der Waals surface area contributed by atoms with Crippen LogP contribution in [0.2, 0.25) is 0 Å². The first-order valence-electron chi connectivity index (χ1n) is 6.76. The molecule has 0 radical (unpaired) electrons. The molecule has 2 atom stereocenters. The van der Waals surface area contributed by atoms with Gasteiger partial charge < -0.3 is 15.0 Å². The second kappa shape index (κ2) is 6.51. The number of hydrogen-bond donors (Lipinski definition) is 1. The number of carbonyl (C=O) groups is 1. The maximum atomic E-state index is 12.5. The summed E-state index contributed by atoms with van der Waals surface area (Å²) in [5.41, 5.74) is 1.38. The summed E-state index contributed by atoms with van der Waals surface area (Å²) in [6.45, 7) is 3.87. The second-order valence-corrected chi connectivity index (χ2v) is 4.86. The van der Waals surface area contributed by atoms with Crippen LogP contribution < -0.4 is 10.2 Å². The van der Waals surface area contributed by atoms with Crippen molar-refractivity contribution in [2.45, 2.75) is 13.0 Å². The molecule has 1 aliphatic heterocycles. The van der Waals surface area contributed by atoms with Gasteiger partial charge in [0.25, 0.3) is 0 Å². The minimum Gasteiger partial charge on any atom is -0.379 e. The first-order valence-corrected chi connectivity index (χ1v) is 6.76. The van der Waals surface area contributed by atoms with Gasteiger partial charge in [-0.05, 0) is 30.8 Å². The average molecular weight is 273 g/mol. The normalized spacial score (nSPS) is 21.4. The van der Waals surface area contributed by atoms with Crippen molar-refractivity contribution < 1.29 is 9.53 Å². The minimum atomic E-state index is -0.157. The fraction of sp³-hybridized carbons (Fsp3) is 0.467. The van der Waals surface area contributed by atoms with E-state index in [0.29, 0.717) is 18.8 Å². The van der Waals surface area contributed by atoms with E-state index in [1.165, 1.54) is 0 Å². The van der Waals surface area contributed by atoms with E-state index in [-0.39, 0.29) is 17.9 Å².